The molecular weight excluding hydrogens is 268 g/mol. The lowest BCUT2D eigenvalue weighted by molar-refractivity contribution is -0.138. The number of ether oxygens (including phenoxy) is 2. The van der Waals surface area contributed by atoms with Gasteiger partial charge in [-0.3, -0.25) is 4.79 Å². The number of halogens is 1. The fraction of sp³-hybridized carbons (Fsp3) is 0.500. The SMILES string of the molecule is COc1cc(C(C)C)c(Cl)c(C(C)C(=O)O)c1OC. The van der Waals surface area contributed by atoms with Crippen LogP contribution < -0.4 is 9.47 Å². The lowest BCUT2D eigenvalue weighted by atomic mass is 9.93. The quantitative estimate of drug-likeness (QED) is 0.897. The van der Waals surface area contributed by atoms with E-state index >= 15 is 0 Å². The van der Waals surface area contributed by atoms with Crippen LogP contribution in [0.4, 0.5) is 0 Å². The van der Waals surface area contributed by atoms with Gasteiger partial charge < -0.3 is 14.6 Å². The summed E-state index contributed by atoms with van der Waals surface area (Å²) in [5.41, 5.74) is 1.31. The maximum atomic E-state index is 11.2. The Hall–Kier alpha value is -1.42. The van der Waals surface area contributed by atoms with E-state index in [1.54, 1.807) is 13.0 Å². The van der Waals surface area contributed by atoms with Gasteiger partial charge in [-0.05, 0) is 24.5 Å². The van der Waals surface area contributed by atoms with E-state index in [0.29, 0.717) is 22.1 Å². The summed E-state index contributed by atoms with van der Waals surface area (Å²) in [6, 6.07) is 1.80. The summed E-state index contributed by atoms with van der Waals surface area (Å²) in [5.74, 6) is -0.684. The average Bonchev–Trinajstić information content (AvgIpc) is 2.36. The first kappa shape index (κ1) is 15.6. The Balaban J connectivity index is 3.64. The van der Waals surface area contributed by atoms with Crippen LogP contribution >= 0.6 is 11.6 Å². The molecule has 0 saturated heterocycles. The predicted octanol–water partition coefficient (Wildman–Crippen LogP) is 3.67. The zero-order valence-corrected chi connectivity index (χ0v) is 12.5. The van der Waals surface area contributed by atoms with Gasteiger partial charge in [-0.1, -0.05) is 25.4 Å². The van der Waals surface area contributed by atoms with E-state index in [1.807, 2.05) is 13.8 Å². The van der Waals surface area contributed by atoms with E-state index in [4.69, 9.17) is 21.1 Å². The summed E-state index contributed by atoms with van der Waals surface area (Å²) in [6.07, 6.45) is 0. The number of carboxylic acid groups (broad SMARTS) is 1. The van der Waals surface area contributed by atoms with Gasteiger partial charge in [-0.15, -0.1) is 0 Å². The smallest absolute Gasteiger partial charge is 0.310 e. The van der Waals surface area contributed by atoms with Crippen molar-refractivity contribution in [1.82, 2.24) is 0 Å². The molecule has 0 amide bonds. The number of benzene rings is 1. The Morgan fingerprint density at radius 2 is 1.84 bits per heavy atom. The second-order valence-electron chi connectivity index (χ2n) is 4.64. The minimum Gasteiger partial charge on any atom is -0.493 e. The third-order valence-corrected chi connectivity index (χ3v) is 3.52. The van der Waals surface area contributed by atoms with E-state index in [0.717, 1.165) is 5.56 Å². The Morgan fingerprint density at radius 3 is 2.21 bits per heavy atom. The van der Waals surface area contributed by atoms with Crippen molar-refractivity contribution in [2.45, 2.75) is 32.6 Å². The molecule has 0 aliphatic heterocycles. The Kier molecular flexibility index (Phi) is 5.06. The van der Waals surface area contributed by atoms with E-state index < -0.39 is 11.9 Å². The predicted molar refractivity (Wildman–Crippen MR) is 74.7 cm³/mol. The zero-order chi connectivity index (χ0) is 14.7. The van der Waals surface area contributed by atoms with Crippen molar-refractivity contribution in [1.29, 1.82) is 0 Å². The van der Waals surface area contributed by atoms with Crippen molar-refractivity contribution in [2.75, 3.05) is 14.2 Å². The summed E-state index contributed by atoms with van der Waals surface area (Å²) >= 11 is 6.36. The third kappa shape index (κ3) is 2.95. The standard InChI is InChI=1S/C14H19ClO4/c1-7(2)9-6-10(18-4)13(19-5)11(12(9)15)8(3)14(16)17/h6-8H,1-5H3,(H,16,17). The maximum Gasteiger partial charge on any atom is 0.310 e. The lowest BCUT2D eigenvalue weighted by Gasteiger charge is -2.21. The molecule has 106 valence electrons. The second kappa shape index (κ2) is 6.15. The third-order valence-electron chi connectivity index (χ3n) is 3.09. The highest BCUT2D eigenvalue weighted by atomic mass is 35.5. The van der Waals surface area contributed by atoms with Gasteiger partial charge in [0, 0.05) is 5.56 Å². The first-order valence-corrected chi connectivity index (χ1v) is 6.39. The van der Waals surface area contributed by atoms with Crippen LogP contribution in [-0.2, 0) is 4.79 Å². The van der Waals surface area contributed by atoms with Gasteiger partial charge in [-0.25, -0.2) is 0 Å². The van der Waals surface area contributed by atoms with Crippen LogP contribution in [0.5, 0.6) is 11.5 Å². The molecule has 19 heavy (non-hydrogen) atoms. The molecule has 1 rings (SSSR count). The van der Waals surface area contributed by atoms with Crippen molar-refractivity contribution in [3.8, 4) is 11.5 Å². The van der Waals surface area contributed by atoms with Crippen molar-refractivity contribution < 1.29 is 19.4 Å². The minimum atomic E-state index is -0.955. The summed E-state index contributed by atoms with van der Waals surface area (Å²) in [5, 5.41) is 9.65. The highest BCUT2D eigenvalue weighted by Gasteiger charge is 2.27. The molecule has 1 aromatic rings. The zero-order valence-electron chi connectivity index (χ0n) is 11.8. The maximum absolute atomic E-state index is 11.2. The fourth-order valence-electron chi connectivity index (χ4n) is 1.95. The highest BCUT2D eigenvalue weighted by Crippen LogP contribution is 2.44. The van der Waals surface area contributed by atoms with Crippen LogP contribution in [0.3, 0.4) is 0 Å². The Bertz CT molecular complexity index is 483. The molecule has 0 spiro atoms. The Labute approximate surface area is 118 Å². The number of aliphatic carboxylic acids is 1. The molecule has 1 aromatic carbocycles. The summed E-state index contributed by atoms with van der Waals surface area (Å²) < 4.78 is 10.6. The van der Waals surface area contributed by atoms with Crippen LogP contribution in [0.15, 0.2) is 6.07 Å². The number of hydrogen-bond donors (Lipinski definition) is 1. The molecule has 0 bridgehead atoms. The molecule has 0 aliphatic carbocycles. The monoisotopic (exact) mass is 286 g/mol. The molecule has 0 fully saturated rings. The van der Waals surface area contributed by atoms with Crippen LogP contribution in [0, 0.1) is 0 Å². The van der Waals surface area contributed by atoms with Crippen molar-refractivity contribution in [3.63, 3.8) is 0 Å². The number of carboxylic acids is 1. The van der Waals surface area contributed by atoms with Crippen LogP contribution in [0.1, 0.15) is 43.7 Å². The lowest BCUT2D eigenvalue weighted by Crippen LogP contribution is -2.11. The van der Waals surface area contributed by atoms with Gasteiger partial charge >= 0.3 is 5.97 Å². The highest BCUT2D eigenvalue weighted by molar-refractivity contribution is 6.32. The number of methoxy groups -OCH3 is 2. The molecule has 1 unspecified atom stereocenters. The van der Waals surface area contributed by atoms with Gasteiger partial charge in [0.2, 0.25) is 0 Å². The number of carbonyl (C=O) groups is 1. The first-order valence-electron chi connectivity index (χ1n) is 6.02. The van der Waals surface area contributed by atoms with Gasteiger partial charge in [-0.2, -0.15) is 0 Å². The number of hydrogen-bond acceptors (Lipinski definition) is 3. The molecule has 1 atom stereocenters. The van der Waals surface area contributed by atoms with E-state index in [2.05, 4.69) is 0 Å². The molecule has 0 heterocycles. The van der Waals surface area contributed by atoms with E-state index in [-0.39, 0.29) is 5.92 Å². The first-order chi connectivity index (χ1) is 8.84. The van der Waals surface area contributed by atoms with Gasteiger partial charge in [0.05, 0.1) is 25.2 Å². The van der Waals surface area contributed by atoms with E-state index in [1.165, 1.54) is 14.2 Å². The number of rotatable bonds is 5. The van der Waals surface area contributed by atoms with Crippen LogP contribution in [0.25, 0.3) is 0 Å². The molecule has 5 heteroatoms. The van der Waals surface area contributed by atoms with E-state index in [9.17, 15) is 9.90 Å². The average molecular weight is 287 g/mol. The minimum absolute atomic E-state index is 0.159. The molecule has 0 saturated carbocycles. The molecule has 0 aliphatic rings. The normalized spacial score (nSPS) is 12.4. The Morgan fingerprint density at radius 1 is 1.26 bits per heavy atom. The van der Waals surface area contributed by atoms with Crippen molar-refractivity contribution >= 4 is 17.6 Å². The van der Waals surface area contributed by atoms with Crippen molar-refractivity contribution in [2.24, 2.45) is 0 Å². The molecular formula is C14H19ClO4. The van der Waals surface area contributed by atoms with Crippen LogP contribution in [0.2, 0.25) is 5.02 Å². The van der Waals surface area contributed by atoms with Crippen LogP contribution in [-0.4, -0.2) is 25.3 Å². The summed E-state index contributed by atoms with van der Waals surface area (Å²) in [4.78, 5) is 11.2. The molecule has 1 N–H and O–H groups in total. The molecule has 0 aromatic heterocycles. The van der Waals surface area contributed by atoms with Gasteiger partial charge in [0.25, 0.3) is 0 Å². The van der Waals surface area contributed by atoms with Gasteiger partial charge in [0.1, 0.15) is 0 Å². The second-order valence-corrected chi connectivity index (χ2v) is 5.02. The van der Waals surface area contributed by atoms with Gasteiger partial charge in [0.15, 0.2) is 11.5 Å². The molecule has 4 nitrogen and oxygen atoms in total. The largest absolute Gasteiger partial charge is 0.493 e. The van der Waals surface area contributed by atoms with Crippen molar-refractivity contribution in [3.05, 3.63) is 22.2 Å². The fourth-order valence-corrected chi connectivity index (χ4v) is 2.47. The summed E-state index contributed by atoms with van der Waals surface area (Å²) in [7, 11) is 2.99. The molecule has 0 radical (unpaired) electrons. The summed E-state index contributed by atoms with van der Waals surface area (Å²) in [6.45, 7) is 5.56. The topological polar surface area (TPSA) is 55.8 Å².